The Morgan fingerprint density at radius 2 is 0.726 bits per heavy atom. The van der Waals surface area contributed by atoms with Crippen molar-refractivity contribution in [2.45, 2.75) is 148 Å². The molecule has 0 heterocycles. The number of hydrogen-bond acceptors (Lipinski definition) is 16. The third-order valence-electron chi connectivity index (χ3n) is 7.65. The number of rotatable bonds is 33. The predicted molar refractivity (Wildman–Crippen MR) is 233 cm³/mol. The fourth-order valence-electron chi connectivity index (χ4n) is 3.95. The maximum absolute atomic E-state index is 12.2. The first-order valence-electron chi connectivity index (χ1n) is 20.9. The molecular weight excluding hydrogens is 808 g/mol. The molecule has 0 radical (unpaired) electrons. The average molecular weight is 881 g/mol. The van der Waals surface area contributed by atoms with E-state index in [0.29, 0.717) is 44.9 Å². The van der Waals surface area contributed by atoms with Crippen LogP contribution in [0.4, 0.5) is 0 Å². The first kappa shape index (κ1) is 61.1. The van der Waals surface area contributed by atoms with Crippen LogP contribution in [0, 0.1) is 0 Å². The van der Waals surface area contributed by atoms with Gasteiger partial charge in [0.25, 0.3) is 0 Å². The Morgan fingerprint density at radius 1 is 0.452 bits per heavy atom. The number of aliphatic hydroxyl groups is 3. The summed E-state index contributed by atoms with van der Waals surface area (Å²) in [5.41, 5.74) is 0. The van der Waals surface area contributed by atoms with Crippen LogP contribution in [-0.2, 0) is 62.0 Å². The van der Waals surface area contributed by atoms with Crippen LogP contribution >= 0.6 is 0 Å². The van der Waals surface area contributed by atoms with Crippen molar-refractivity contribution >= 4 is 42.1 Å². The van der Waals surface area contributed by atoms with Crippen molar-refractivity contribution in [2.24, 2.45) is 0 Å². The number of ether oxygens (including phenoxy) is 6. The van der Waals surface area contributed by atoms with Crippen LogP contribution < -0.4 is 0 Å². The highest BCUT2D eigenvalue weighted by atomic mass is 16.6. The smallest absolute Gasteiger partial charge is 0.310 e. The molecular formula is C46H72O16. The maximum atomic E-state index is 12.2. The summed E-state index contributed by atoms with van der Waals surface area (Å²) in [6.45, 7) is 16.8. The van der Waals surface area contributed by atoms with Crippen LogP contribution in [0.3, 0.4) is 0 Å². The monoisotopic (exact) mass is 880 g/mol. The van der Waals surface area contributed by atoms with E-state index in [4.69, 9.17) is 28.4 Å². The van der Waals surface area contributed by atoms with Crippen molar-refractivity contribution in [3.05, 3.63) is 74.4 Å². The Hall–Kier alpha value is -5.19. The lowest BCUT2D eigenvalue weighted by Crippen LogP contribution is -2.30. The Kier molecular flexibility index (Phi) is 43.3. The highest BCUT2D eigenvalue weighted by Gasteiger charge is 2.20. The molecule has 0 saturated carbocycles. The van der Waals surface area contributed by atoms with Crippen LogP contribution in [0.25, 0.3) is 0 Å². The number of esters is 6. The quantitative estimate of drug-likeness (QED) is 0.0296. The SMILES string of the molecule is C=CCC(=O)OCC(COC(=O)CC=C)OC(=O)CC=C.CCC(O)CC=CCC(=O)OCC(COC(=O)CC=CCC(O)CC)OC(=O)CC=CCC(O)CC.CCCC=O. The maximum Gasteiger partial charge on any atom is 0.310 e. The van der Waals surface area contributed by atoms with Crippen molar-refractivity contribution in [3.63, 3.8) is 0 Å². The molecule has 0 aromatic rings. The van der Waals surface area contributed by atoms with Gasteiger partial charge >= 0.3 is 35.8 Å². The minimum Gasteiger partial charge on any atom is -0.461 e. The summed E-state index contributed by atoms with van der Waals surface area (Å²) in [6, 6.07) is 0. The second-order valence-electron chi connectivity index (χ2n) is 13.3. The summed E-state index contributed by atoms with van der Waals surface area (Å²) in [5, 5.41) is 28.6. The van der Waals surface area contributed by atoms with Gasteiger partial charge in [-0.25, -0.2) is 0 Å². The van der Waals surface area contributed by atoms with Crippen LogP contribution in [0.1, 0.15) is 118 Å². The zero-order chi connectivity index (χ0) is 47.4. The van der Waals surface area contributed by atoms with Gasteiger partial charge in [-0.15, -0.1) is 19.7 Å². The van der Waals surface area contributed by atoms with E-state index in [9.17, 15) is 48.9 Å². The van der Waals surface area contributed by atoms with Crippen LogP contribution in [-0.4, -0.2) is 114 Å². The molecule has 0 bridgehead atoms. The molecule has 352 valence electrons. The number of carbonyl (C=O) groups is 7. The molecule has 0 aromatic heterocycles. The fraction of sp³-hybridized carbons (Fsp3) is 0.587. The Bertz CT molecular complexity index is 1300. The lowest BCUT2D eigenvalue weighted by atomic mass is 10.2. The van der Waals surface area contributed by atoms with Gasteiger partial charge in [0, 0.05) is 6.42 Å². The molecule has 3 atom stereocenters. The van der Waals surface area contributed by atoms with E-state index < -0.39 is 66.3 Å². The van der Waals surface area contributed by atoms with Crippen molar-refractivity contribution in [1.29, 1.82) is 0 Å². The molecule has 0 aromatic carbocycles. The summed E-state index contributed by atoms with van der Waals surface area (Å²) >= 11 is 0. The molecule has 0 aliphatic carbocycles. The molecule has 16 nitrogen and oxygen atoms in total. The van der Waals surface area contributed by atoms with Gasteiger partial charge in [-0.3, -0.25) is 28.8 Å². The molecule has 3 unspecified atom stereocenters. The first-order valence-corrected chi connectivity index (χ1v) is 20.9. The molecule has 0 rings (SSSR count). The van der Waals surface area contributed by atoms with E-state index in [1.807, 2.05) is 27.7 Å². The standard InChI is InChI=1S/C27H44O9.C15H20O6.C4H8O/c1-4-21(28)13-7-10-16-25(31)34-19-24(36-27(33)18-12-9-15-23(30)6-3)20-35-26(32)17-11-8-14-22(29)5-2;1-4-7-13(16)19-10-12(21-15(18)9-6-3)11-20-14(17)8-5-2;1-2-3-4-5/h7-12,21-24,28-30H,4-6,13-20H2,1-3H3;4-6,12H,1-3,7-11H2;4H,2-3H2,1H3. The van der Waals surface area contributed by atoms with E-state index in [1.54, 1.807) is 36.5 Å². The van der Waals surface area contributed by atoms with Crippen LogP contribution in [0.5, 0.6) is 0 Å². The van der Waals surface area contributed by atoms with E-state index in [-0.39, 0.29) is 65.0 Å². The molecule has 0 spiro atoms. The Labute approximate surface area is 367 Å². The number of hydrogen-bond donors (Lipinski definition) is 3. The van der Waals surface area contributed by atoms with Gasteiger partial charge < -0.3 is 48.5 Å². The van der Waals surface area contributed by atoms with E-state index in [0.717, 1.165) is 12.7 Å². The fourth-order valence-corrected chi connectivity index (χ4v) is 3.95. The summed E-state index contributed by atoms with van der Waals surface area (Å²) in [7, 11) is 0. The lowest BCUT2D eigenvalue weighted by molar-refractivity contribution is -0.165. The van der Waals surface area contributed by atoms with Gasteiger partial charge in [0.05, 0.1) is 56.8 Å². The van der Waals surface area contributed by atoms with Crippen molar-refractivity contribution in [3.8, 4) is 0 Å². The largest absolute Gasteiger partial charge is 0.461 e. The molecule has 16 heteroatoms. The number of aldehydes is 1. The summed E-state index contributed by atoms with van der Waals surface area (Å²) < 4.78 is 30.5. The second-order valence-corrected chi connectivity index (χ2v) is 13.3. The predicted octanol–water partition coefficient (Wildman–Crippen LogP) is 6.00. The van der Waals surface area contributed by atoms with Crippen molar-refractivity contribution < 1.29 is 77.3 Å². The van der Waals surface area contributed by atoms with Crippen molar-refractivity contribution in [1.82, 2.24) is 0 Å². The van der Waals surface area contributed by atoms with Gasteiger partial charge in [0.15, 0.2) is 12.2 Å². The molecule has 0 amide bonds. The zero-order valence-electron chi connectivity index (χ0n) is 37.2. The van der Waals surface area contributed by atoms with Gasteiger partial charge in [-0.05, 0) is 44.9 Å². The van der Waals surface area contributed by atoms with Crippen LogP contribution in [0.15, 0.2) is 74.4 Å². The first-order chi connectivity index (χ1) is 29.7. The minimum atomic E-state index is -0.975. The minimum absolute atomic E-state index is 0.00616. The zero-order valence-corrected chi connectivity index (χ0v) is 37.2. The highest BCUT2D eigenvalue weighted by Crippen LogP contribution is 2.06. The Morgan fingerprint density at radius 3 is 0.984 bits per heavy atom. The van der Waals surface area contributed by atoms with Gasteiger partial charge in [-0.2, -0.15) is 0 Å². The van der Waals surface area contributed by atoms with Gasteiger partial charge in [0.2, 0.25) is 0 Å². The summed E-state index contributed by atoms with van der Waals surface area (Å²) in [6.07, 6.45) is 16.6. The molecule has 0 aliphatic rings. The van der Waals surface area contributed by atoms with Gasteiger partial charge in [-0.1, -0.05) is 82.4 Å². The van der Waals surface area contributed by atoms with E-state index >= 15 is 0 Å². The second kappa shape index (κ2) is 43.9. The summed E-state index contributed by atoms with van der Waals surface area (Å²) in [4.78, 5) is 79.4. The summed E-state index contributed by atoms with van der Waals surface area (Å²) in [5.74, 6) is -3.24. The van der Waals surface area contributed by atoms with Crippen LogP contribution in [0.2, 0.25) is 0 Å². The average Bonchev–Trinajstić information content (AvgIpc) is 3.25. The normalized spacial score (nSPS) is 12.6. The number of unbranched alkanes of at least 4 members (excludes halogenated alkanes) is 1. The molecule has 62 heavy (non-hydrogen) atoms. The van der Waals surface area contributed by atoms with Crippen molar-refractivity contribution in [2.75, 3.05) is 26.4 Å². The molecule has 0 aliphatic heterocycles. The van der Waals surface area contributed by atoms with E-state index in [2.05, 4.69) is 19.7 Å². The Balaban J connectivity index is -0.00000112. The third kappa shape index (κ3) is 42.9. The van der Waals surface area contributed by atoms with E-state index in [1.165, 1.54) is 18.2 Å². The third-order valence-corrected chi connectivity index (χ3v) is 7.65. The molecule has 0 fully saturated rings. The lowest BCUT2D eigenvalue weighted by Gasteiger charge is -2.17. The highest BCUT2D eigenvalue weighted by molar-refractivity contribution is 5.74. The van der Waals surface area contributed by atoms with Gasteiger partial charge in [0.1, 0.15) is 32.7 Å². The number of carbonyl (C=O) groups excluding carboxylic acids is 7. The topological polar surface area (TPSA) is 236 Å². The molecule has 0 saturated heterocycles. The number of aliphatic hydroxyl groups excluding tert-OH is 3. The molecule has 3 N–H and O–H groups in total.